The molecule has 0 fully saturated rings. The van der Waals surface area contributed by atoms with Gasteiger partial charge in [-0.1, -0.05) is 145 Å². The first-order chi connectivity index (χ1) is 21.3. The fourth-order valence-electron chi connectivity index (χ4n) is 6.95. The predicted molar refractivity (Wildman–Crippen MR) is 185 cm³/mol. The van der Waals surface area contributed by atoms with E-state index in [-0.39, 0.29) is 0 Å². The first-order valence-electron chi connectivity index (χ1n) is 14.8. The molecule has 8 aromatic rings. The Morgan fingerprint density at radius 2 is 0.884 bits per heavy atom. The maximum absolute atomic E-state index is 2.39. The molecule has 0 bridgehead atoms. The van der Waals surface area contributed by atoms with Gasteiger partial charge in [-0.05, 0) is 95.7 Å². The summed E-state index contributed by atoms with van der Waals surface area (Å²) in [5.41, 5.74) is 10.2. The Labute approximate surface area is 255 Å². The van der Waals surface area contributed by atoms with Gasteiger partial charge in [0.25, 0.3) is 0 Å². The molecule has 0 unspecified atom stereocenters. The predicted octanol–water partition coefficient (Wildman–Crippen LogP) is 12.3. The molecule has 0 nitrogen and oxygen atoms in total. The van der Waals surface area contributed by atoms with Crippen LogP contribution in [-0.2, 0) is 0 Å². The van der Waals surface area contributed by atoms with E-state index in [0.717, 1.165) is 0 Å². The number of rotatable bonds is 3. The van der Waals surface area contributed by atoms with Crippen LogP contribution >= 0.6 is 11.8 Å². The van der Waals surface area contributed by atoms with E-state index in [0.29, 0.717) is 0 Å². The van der Waals surface area contributed by atoms with E-state index in [1.807, 2.05) is 11.8 Å². The molecule has 0 N–H and O–H groups in total. The minimum absolute atomic E-state index is 1.23. The molecule has 9 rings (SSSR count). The summed E-state index contributed by atoms with van der Waals surface area (Å²) in [7, 11) is 0. The molecule has 0 atom stereocenters. The lowest BCUT2D eigenvalue weighted by Crippen LogP contribution is -1.94. The van der Waals surface area contributed by atoms with E-state index in [9.17, 15) is 0 Å². The number of hydrogen-bond acceptors (Lipinski definition) is 1. The molecule has 0 spiro atoms. The van der Waals surface area contributed by atoms with Gasteiger partial charge in [0.05, 0.1) is 0 Å². The second-order valence-electron chi connectivity index (χ2n) is 11.3. The van der Waals surface area contributed by atoms with Crippen molar-refractivity contribution < 1.29 is 0 Å². The Kier molecular flexibility index (Phi) is 5.54. The van der Waals surface area contributed by atoms with E-state index in [1.54, 1.807) is 0 Å². The molecule has 1 aliphatic rings. The van der Waals surface area contributed by atoms with Gasteiger partial charge >= 0.3 is 0 Å². The highest BCUT2D eigenvalue weighted by Crippen LogP contribution is 2.49. The zero-order chi connectivity index (χ0) is 28.3. The minimum Gasteiger partial charge on any atom is -0.0888 e. The summed E-state index contributed by atoms with van der Waals surface area (Å²) in [6, 6.07) is 58.0. The third-order valence-electron chi connectivity index (χ3n) is 8.83. The largest absolute Gasteiger partial charge is 0.0888 e. The van der Waals surface area contributed by atoms with Crippen LogP contribution < -0.4 is 0 Å². The molecule has 0 aliphatic carbocycles. The van der Waals surface area contributed by atoms with Gasteiger partial charge in [0.15, 0.2) is 0 Å². The van der Waals surface area contributed by atoms with Crippen LogP contribution in [0.1, 0.15) is 0 Å². The lowest BCUT2D eigenvalue weighted by atomic mass is 9.85. The van der Waals surface area contributed by atoms with Crippen LogP contribution in [0.4, 0.5) is 0 Å². The van der Waals surface area contributed by atoms with Gasteiger partial charge in [0.1, 0.15) is 0 Å². The Morgan fingerprint density at radius 1 is 0.326 bits per heavy atom. The Bertz CT molecular complexity index is 2300. The van der Waals surface area contributed by atoms with Gasteiger partial charge in [-0.2, -0.15) is 0 Å². The van der Waals surface area contributed by atoms with Crippen molar-refractivity contribution in [3.63, 3.8) is 0 Å². The standard InChI is InChI=1S/C42H26S/c1-2-11-27(12-3-1)40-32-17-4-6-19-34(32)41(35-20-7-5-18-33(35)40)31-16-8-15-29(25-31)30-23-24-38-37(26-30)36-21-9-13-28-14-10-22-39(43-38)42(28)36/h1-26H. The lowest BCUT2D eigenvalue weighted by molar-refractivity contribution is 1.39. The first-order valence-corrected chi connectivity index (χ1v) is 15.6. The van der Waals surface area contributed by atoms with E-state index in [2.05, 4.69) is 158 Å². The summed E-state index contributed by atoms with van der Waals surface area (Å²) in [6.45, 7) is 0. The van der Waals surface area contributed by atoms with E-state index >= 15 is 0 Å². The van der Waals surface area contributed by atoms with Crippen LogP contribution in [0.5, 0.6) is 0 Å². The maximum Gasteiger partial charge on any atom is 0.0207 e. The first kappa shape index (κ1) is 24.5. The van der Waals surface area contributed by atoms with Crippen LogP contribution in [0.25, 0.3) is 76.8 Å². The molecule has 0 saturated carbocycles. The molecular formula is C42H26S. The highest BCUT2D eigenvalue weighted by Gasteiger charge is 2.20. The highest BCUT2D eigenvalue weighted by molar-refractivity contribution is 7.99. The quantitative estimate of drug-likeness (QED) is 0.193. The van der Waals surface area contributed by atoms with Gasteiger partial charge in [0.2, 0.25) is 0 Å². The Morgan fingerprint density at radius 3 is 1.60 bits per heavy atom. The SMILES string of the molecule is c1ccc(-c2c3ccccc3c(-c3cccc(-c4ccc5c(c4)-c4cccc6cccc(c46)S5)c3)c3ccccc23)cc1. The van der Waals surface area contributed by atoms with Crippen molar-refractivity contribution in [2.75, 3.05) is 0 Å². The lowest BCUT2D eigenvalue weighted by Gasteiger charge is -2.21. The number of benzene rings is 8. The second-order valence-corrected chi connectivity index (χ2v) is 12.3. The molecule has 0 amide bonds. The fourth-order valence-corrected chi connectivity index (χ4v) is 8.08. The minimum atomic E-state index is 1.23. The van der Waals surface area contributed by atoms with Crippen LogP contribution in [0.2, 0.25) is 0 Å². The van der Waals surface area contributed by atoms with Crippen LogP contribution in [0, 0.1) is 0 Å². The monoisotopic (exact) mass is 562 g/mol. The summed E-state index contributed by atoms with van der Waals surface area (Å²) in [4.78, 5) is 2.66. The summed E-state index contributed by atoms with van der Waals surface area (Å²) in [6.07, 6.45) is 0. The average Bonchev–Trinajstić information content (AvgIpc) is 3.07. The summed E-state index contributed by atoms with van der Waals surface area (Å²) >= 11 is 1.88. The van der Waals surface area contributed by atoms with Crippen LogP contribution in [-0.4, -0.2) is 0 Å². The van der Waals surface area contributed by atoms with Gasteiger partial charge in [-0.25, -0.2) is 0 Å². The smallest absolute Gasteiger partial charge is 0.0207 e. The van der Waals surface area contributed by atoms with Gasteiger partial charge in [0, 0.05) is 15.2 Å². The van der Waals surface area contributed by atoms with Crippen molar-refractivity contribution in [1.29, 1.82) is 0 Å². The van der Waals surface area contributed by atoms with Crippen molar-refractivity contribution in [3.05, 3.63) is 158 Å². The molecule has 1 heterocycles. The van der Waals surface area contributed by atoms with E-state index < -0.39 is 0 Å². The summed E-state index contributed by atoms with van der Waals surface area (Å²) in [5.74, 6) is 0. The molecule has 1 heteroatoms. The Hall–Kier alpha value is -5.11. The van der Waals surface area contributed by atoms with Crippen molar-refractivity contribution in [3.8, 4) is 44.5 Å². The molecular weight excluding hydrogens is 537 g/mol. The van der Waals surface area contributed by atoms with E-state index in [4.69, 9.17) is 0 Å². The van der Waals surface area contributed by atoms with Gasteiger partial charge in [-0.15, -0.1) is 0 Å². The number of hydrogen-bond donors (Lipinski definition) is 0. The molecule has 43 heavy (non-hydrogen) atoms. The van der Waals surface area contributed by atoms with Gasteiger partial charge < -0.3 is 0 Å². The molecule has 0 aromatic heterocycles. The summed E-state index contributed by atoms with van der Waals surface area (Å²) < 4.78 is 0. The second kappa shape index (κ2) is 9.73. The molecule has 1 aliphatic heterocycles. The van der Waals surface area contributed by atoms with Crippen molar-refractivity contribution in [2.24, 2.45) is 0 Å². The normalized spacial score (nSPS) is 12.1. The van der Waals surface area contributed by atoms with E-state index in [1.165, 1.54) is 86.6 Å². The van der Waals surface area contributed by atoms with Crippen LogP contribution in [0.3, 0.4) is 0 Å². The van der Waals surface area contributed by atoms with Crippen molar-refractivity contribution >= 4 is 44.1 Å². The van der Waals surface area contributed by atoms with Crippen molar-refractivity contribution in [1.82, 2.24) is 0 Å². The van der Waals surface area contributed by atoms with Crippen molar-refractivity contribution in [2.45, 2.75) is 9.79 Å². The fraction of sp³-hybridized carbons (Fsp3) is 0. The maximum atomic E-state index is 2.39. The summed E-state index contributed by atoms with van der Waals surface area (Å²) in [5, 5.41) is 7.79. The van der Waals surface area contributed by atoms with Crippen LogP contribution in [0.15, 0.2) is 168 Å². The zero-order valence-corrected chi connectivity index (χ0v) is 24.2. The average molecular weight is 563 g/mol. The molecule has 200 valence electrons. The van der Waals surface area contributed by atoms with Gasteiger partial charge in [-0.3, -0.25) is 0 Å². The molecule has 8 aromatic carbocycles. The topological polar surface area (TPSA) is 0 Å². The third kappa shape index (κ3) is 3.86. The highest BCUT2D eigenvalue weighted by atomic mass is 32.2. The number of fused-ring (bicyclic) bond motifs is 4. The molecule has 0 saturated heterocycles. The zero-order valence-electron chi connectivity index (χ0n) is 23.4. The third-order valence-corrected chi connectivity index (χ3v) is 9.97. The Balaban J connectivity index is 1.25. The molecule has 0 radical (unpaired) electrons.